The molecule has 2 N–H and O–H groups in total. The molecule has 0 spiro atoms. The van der Waals surface area contributed by atoms with E-state index in [1.54, 1.807) is 12.4 Å². The molecule has 0 aromatic carbocycles. The molecule has 3 heterocycles. The van der Waals surface area contributed by atoms with Crippen molar-refractivity contribution in [2.75, 3.05) is 13.1 Å². The predicted molar refractivity (Wildman–Crippen MR) is 111 cm³/mol. The van der Waals surface area contributed by atoms with Gasteiger partial charge in [-0.2, -0.15) is 5.10 Å². The van der Waals surface area contributed by atoms with Crippen molar-refractivity contribution < 1.29 is 4.79 Å². The number of H-pyrrole nitrogens is 1. The van der Waals surface area contributed by atoms with Crippen LogP contribution in [-0.4, -0.2) is 44.6 Å². The number of amides is 1. The number of aryl methyl sites for hydroxylation is 1. The topological polar surface area (TPSA) is 86.3 Å². The molecule has 0 atom stereocenters. The van der Waals surface area contributed by atoms with Gasteiger partial charge >= 0.3 is 0 Å². The van der Waals surface area contributed by atoms with Crippen LogP contribution in [0.2, 0.25) is 0 Å². The Morgan fingerprint density at radius 2 is 1.86 bits per heavy atom. The second kappa shape index (κ2) is 8.48. The standard InChI is InChI=1S/C21H28N6O/c1-6-27(7-2)11-17-14(5)24-18(19(17)13(3)4)8-16-20(25-26-21(16)28)15-9-22-12-23-10-15/h8-10,12-13,24H,6-7,11H2,1-5H3,(H,26,28). The summed E-state index contributed by atoms with van der Waals surface area (Å²) in [4.78, 5) is 26.4. The Bertz CT molecular complexity index is 906. The average molecular weight is 380 g/mol. The fourth-order valence-electron chi connectivity index (χ4n) is 3.61. The molecule has 2 aromatic heterocycles. The number of nitrogens with zero attached hydrogens (tertiary/aromatic N) is 4. The zero-order chi connectivity index (χ0) is 20.3. The van der Waals surface area contributed by atoms with Crippen molar-refractivity contribution in [1.29, 1.82) is 0 Å². The summed E-state index contributed by atoms with van der Waals surface area (Å²) >= 11 is 0. The van der Waals surface area contributed by atoms with Crippen LogP contribution in [0.15, 0.2) is 29.4 Å². The zero-order valence-corrected chi connectivity index (χ0v) is 17.2. The molecule has 28 heavy (non-hydrogen) atoms. The van der Waals surface area contributed by atoms with E-state index in [1.807, 2.05) is 6.08 Å². The van der Waals surface area contributed by atoms with Crippen LogP contribution in [-0.2, 0) is 11.3 Å². The summed E-state index contributed by atoms with van der Waals surface area (Å²) in [6, 6.07) is 0. The lowest BCUT2D eigenvalue weighted by Crippen LogP contribution is -2.23. The summed E-state index contributed by atoms with van der Waals surface area (Å²) in [5.41, 5.74) is 9.03. The average Bonchev–Trinajstić information content (AvgIpc) is 3.20. The highest BCUT2D eigenvalue weighted by Gasteiger charge is 2.26. The fourth-order valence-corrected chi connectivity index (χ4v) is 3.61. The largest absolute Gasteiger partial charge is 0.359 e. The molecule has 0 radical (unpaired) electrons. The minimum absolute atomic E-state index is 0.217. The number of carbonyl (C=O) groups excluding carboxylic acids is 1. The van der Waals surface area contributed by atoms with Crippen LogP contribution >= 0.6 is 0 Å². The van der Waals surface area contributed by atoms with Gasteiger partial charge in [0.15, 0.2) is 0 Å². The van der Waals surface area contributed by atoms with E-state index in [4.69, 9.17) is 0 Å². The molecule has 0 aliphatic carbocycles. The van der Waals surface area contributed by atoms with Gasteiger partial charge in [-0.1, -0.05) is 27.7 Å². The van der Waals surface area contributed by atoms with E-state index < -0.39 is 0 Å². The smallest absolute Gasteiger partial charge is 0.273 e. The predicted octanol–water partition coefficient (Wildman–Crippen LogP) is 3.00. The molecule has 0 fully saturated rings. The molecule has 7 heteroatoms. The first-order chi connectivity index (χ1) is 13.5. The van der Waals surface area contributed by atoms with Gasteiger partial charge in [-0.3, -0.25) is 9.69 Å². The van der Waals surface area contributed by atoms with Crippen molar-refractivity contribution in [3.8, 4) is 0 Å². The van der Waals surface area contributed by atoms with Gasteiger partial charge in [0.25, 0.3) is 5.91 Å². The van der Waals surface area contributed by atoms with E-state index >= 15 is 0 Å². The molecule has 148 valence electrons. The molecule has 0 unspecified atom stereocenters. The molecule has 0 saturated carbocycles. The number of nitrogens with one attached hydrogen (secondary N) is 2. The quantitative estimate of drug-likeness (QED) is 0.723. The van der Waals surface area contributed by atoms with E-state index in [-0.39, 0.29) is 5.91 Å². The Balaban J connectivity index is 2.05. The first kappa shape index (κ1) is 19.9. The Morgan fingerprint density at radius 1 is 1.18 bits per heavy atom. The summed E-state index contributed by atoms with van der Waals surface area (Å²) in [6.07, 6.45) is 6.69. The van der Waals surface area contributed by atoms with Crippen LogP contribution in [0.5, 0.6) is 0 Å². The van der Waals surface area contributed by atoms with Crippen LogP contribution in [0.25, 0.3) is 6.08 Å². The molecule has 1 aliphatic heterocycles. The van der Waals surface area contributed by atoms with Crippen LogP contribution in [0.4, 0.5) is 0 Å². The maximum atomic E-state index is 12.4. The molecular formula is C21H28N6O. The van der Waals surface area contributed by atoms with Gasteiger partial charge in [0.2, 0.25) is 0 Å². The van der Waals surface area contributed by atoms with Crippen LogP contribution in [0.1, 0.15) is 61.7 Å². The molecule has 0 bridgehead atoms. The summed E-state index contributed by atoms with van der Waals surface area (Å²) < 4.78 is 0. The second-order valence-electron chi connectivity index (χ2n) is 7.26. The van der Waals surface area contributed by atoms with Gasteiger partial charge in [-0.15, -0.1) is 0 Å². The summed E-state index contributed by atoms with van der Waals surface area (Å²) in [7, 11) is 0. The van der Waals surface area contributed by atoms with Gasteiger partial charge in [-0.25, -0.2) is 15.4 Å². The van der Waals surface area contributed by atoms with Crippen LogP contribution in [0, 0.1) is 6.92 Å². The highest BCUT2D eigenvalue weighted by atomic mass is 16.2. The molecule has 1 aliphatic rings. The van der Waals surface area contributed by atoms with Gasteiger partial charge in [0.1, 0.15) is 12.0 Å². The SMILES string of the molecule is CCN(CC)Cc1c(C)[nH]c(C=C2C(=O)NN=C2c2cncnc2)c1C(C)C. The Hall–Kier alpha value is -2.80. The fraction of sp³-hybridized carbons (Fsp3) is 0.429. The monoisotopic (exact) mass is 380 g/mol. The maximum absolute atomic E-state index is 12.4. The number of hydrogen-bond acceptors (Lipinski definition) is 5. The molecular weight excluding hydrogens is 352 g/mol. The van der Waals surface area contributed by atoms with Gasteiger partial charge in [0, 0.05) is 35.9 Å². The number of rotatable bonds is 7. The maximum Gasteiger partial charge on any atom is 0.273 e. The molecule has 7 nitrogen and oxygen atoms in total. The van der Waals surface area contributed by atoms with Crippen molar-refractivity contribution in [1.82, 2.24) is 25.3 Å². The first-order valence-corrected chi connectivity index (χ1v) is 9.75. The lowest BCUT2D eigenvalue weighted by Gasteiger charge is -2.20. The van der Waals surface area contributed by atoms with E-state index in [0.29, 0.717) is 22.8 Å². The number of hydrogen-bond donors (Lipinski definition) is 2. The van der Waals surface area contributed by atoms with Crippen molar-refractivity contribution in [2.45, 2.75) is 47.1 Å². The summed E-state index contributed by atoms with van der Waals surface area (Å²) in [5.74, 6) is 0.110. The molecule has 1 amide bonds. The Morgan fingerprint density at radius 3 is 2.46 bits per heavy atom. The highest BCUT2D eigenvalue weighted by Crippen LogP contribution is 2.30. The zero-order valence-electron chi connectivity index (χ0n) is 17.2. The van der Waals surface area contributed by atoms with Gasteiger partial charge < -0.3 is 4.98 Å². The summed E-state index contributed by atoms with van der Waals surface area (Å²) in [5, 5.41) is 4.19. The lowest BCUT2D eigenvalue weighted by atomic mass is 9.95. The number of aromatic amines is 1. The molecule has 0 saturated heterocycles. The number of aromatic nitrogens is 3. The van der Waals surface area contributed by atoms with E-state index in [2.05, 4.69) is 65.0 Å². The van der Waals surface area contributed by atoms with E-state index in [1.165, 1.54) is 17.5 Å². The molecule has 2 aromatic rings. The third-order valence-corrected chi connectivity index (χ3v) is 5.14. The van der Waals surface area contributed by atoms with E-state index in [0.717, 1.165) is 31.0 Å². The Labute approximate surface area is 166 Å². The van der Waals surface area contributed by atoms with Crippen LogP contribution in [0.3, 0.4) is 0 Å². The number of hydrazone groups is 1. The number of carbonyl (C=O) groups is 1. The van der Waals surface area contributed by atoms with Crippen molar-refractivity contribution in [3.05, 3.63) is 52.4 Å². The Kier molecular flexibility index (Phi) is 6.04. The third kappa shape index (κ3) is 3.89. The minimum atomic E-state index is -0.217. The van der Waals surface area contributed by atoms with Crippen molar-refractivity contribution >= 4 is 17.7 Å². The molecule has 3 rings (SSSR count). The first-order valence-electron chi connectivity index (χ1n) is 9.75. The minimum Gasteiger partial charge on any atom is -0.359 e. The van der Waals surface area contributed by atoms with E-state index in [9.17, 15) is 4.79 Å². The highest BCUT2D eigenvalue weighted by molar-refractivity contribution is 6.33. The van der Waals surface area contributed by atoms with Gasteiger partial charge in [0.05, 0.1) is 5.57 Å². The van der Waals surface area contributed by atoms with Crippen molar-refractivity contribution in [3.63, 3.8) is 0 Å². The lowest BCUT2D eigenvalue weighted by molar-refractivity contribution is -0.116. The van der Waals surface area contributed by atoms with Crippen LogP contribution < -0.4 is 5.43 Å². The second-order valence-corrected chi connectivity index (χ2v) is 7.26. The summed E-state index contributed by atoms with van der Waals surface area (Å²) in [6.45, 7) is 13.7. The van der Waals surface area contributed by atoms with Gasteiger partial charge in [-0.05, 0) is 43.1 Å². The normalized spacial score (nSPS) is 15.6. The van der Waals surface area contributed by atoms with Crippen molar-refractivity contribution in [2.24, 2.45) is 5.10 Å². The third-order valence-electron chi connectivity index (χ3n) is 5.14.